The SMILES string of the molecule is CCN1C(=O)C[C@@H]2C[C@H](C(=O)O)[C@@H]1C2. The van der Waals surface area contributed by atoms with E-state index in [2.05, 4.69) is 0 Å². The van der Waals surface area contributed by atoms with Crippen LogP contribution in [0, 0.1) is 11.8 Å². The number of rotatable bonds is 2. The molecule has 0 unspecified atom stereocenters. The number of carboxylic acid groups (broad SMARTS) is 1. The summed E-state index contributed by atoms with van der Waals surface area (Å²) in [7, 11) is 0. The molecule has 0 aromatic carbocycles. The van der Waals surface area contributed by atoms with Crippen LogP contribution in [0.2, 0.25) is 0 Å². The Morgan fingerprint density at radius 1 is 1.57 bits per heavy atom. The molecule has 2 rings (SSSR count). The van der Waals surface area contributed by atoms with Gasteiger partial charge in [-0.15, -0.1) is 0 Å². The van der Waals surface area contributed by atoms with E-state index < -0.39 is 5.97 Å². The fourth-order valence-electron chi connectivity index (χ4n) is 2.85. The highest BCUT2D eigenvalue weighted by molar-refractivity contribution is 5.81. The van der Waals surface area contributed by atoms with Gasteiger partial charge in [0, 0.05) is 19.0 Å². The largest absolute Gasteiger partial charge is 0.481 e. The Morgan fingerprint density at radius 3 is 2.86 bits per heavy atom. The predicted molar refractivity (Wildman–Crippen MR) is 49.6 cm³/mol. The number of likely N-dealkylation sites (tertiary alicyclic amines) is 1. The number of fused-ring (bicyclic) bond motifs is 2. The Labute approximate surface area is 82.9 Å². The van der Waals surface area contributed by atoms with Crippen molar-refractivity contribution in [3.8, 4) is 0 Å². The summed E-state index contributed by atoms with van der Waals surface area (Å²) in [5.74, 6) is -0.619. The van der Waals surface area contributed by atoms with E-state index in [0.29, 0.717) is 25.3 Å². The minimum atomic E-state index is -0.745. The number of nitrogens with zero attached hydrogens (tertiary/aromatic N) is 1. The number of carbonyl (C=O) groups is 2. The van der Waals surface area contributed by atoms with Gasteiger partial charge in [-0.3, -0.25) is 9.59 Å². The van der Waals surface area contributed by atoms with Crippen molar-refractivity contribution in [2.24, 2.45) is 11.8 Å². The summed E-state index contributed by atoms with van der Waals surface area (Å²) in [5.41, 5.74) is 0. The van der Waals surface area contributed by atoms with E-state index in [1.165, 1.54) is 0 Å². The second kappa shape index (κ2) is 3.26. The van der Waals surface area contributed by atoms with Crippen LogP contribution in [-0.4, -0.2) is 34.5 Å². The van der Waals surface area contributed by atoms with Crippen molar-refractivity contribution < 1.29 is 14.7 Å². The number of piperidine rings is 1. The monoisotopic (exact) mass is 197 g/mol. The maximum Gasteiger partial charge on any atom is 0.308 e. The summed E-state index contributed by atoms with van der Waals surface area (Å²) in [5, 5.41) is 9.02. The third-order valence-electron chi connectivity index (χ3n) is 3.47. The molecule has 1 aliphatic heterocycles. The molecule has 0 aromatic heterocycles. The number of aliphatic carboxylic acids is 1. The molecule has 1 aliphatic carbocycles. The highest BCUT2D eigenvalue weighted by Crippen LogP contribution is 2.41. The third-order valence-corrected chi connectivity index (χ3v) is 3.47. The van der Waals surface area contributed by atoms with Gasteiger partial charge < -0.3 is 10.0 Å². The highest BCUT2D eigenvalue weighted by Gasteiger charge is 2.47. The zero-order valence-corrected chi connectivity index (χ0v) is 8.27. The van der Waals surface area contributed by atoms with Crippen molar-refractivity contribution in [1.82, 2.24) is 4.90 Å². The van der Waals surface area contributed by atoms with Gasteiger partial charge in [0.05, 0.1) is 5.92 Å². The van der Waals surface area contributed by atoms with Crippen molar-refractivity contribution in [1.29, 1.82) is 0 Å². The van der Waals surface area contributed by atoms with Crippen molar-refractivity contribution in [3.63, 3.8) is 0 Å². The molecule has 4 heteroatoms. The molecule has 1 saturated carbocycles. The van der Waals surface area contributed by atoms with Crippen LogP contribution in [0.5, 0.6) is 0 Å². The minimum Gasteiger partial charge on any atom is -0.481 e. The smallest absolute Gasteiger partial charge is 0.308 e. The number of hydrogen-bond donors (Lipinski definition) is 1. The molecule has 2 fully saturated rings. The fourth-order valence-corrected chi connectivity index (χ4v) is 2.85. The zero-order chi connectivity index (χ0) is 10.3. The second-order valence-corrected chi connectivity index (χ2v) is 4.23. The normalized spacial score (nSPS) is 36.2. The molecule has 1 saturated heterocycles. The maximum absolute atomic E-state index is 11.6. The van der Waals surface area contributed by atoms with Crippen LogP contribution in [0.1, 0.15) is 26.2 Å². The van der Waals surface area contributed by atoms with E-state index in [-0.39, 0.29) is 17.9 Å². The first-order chi connectivity index (χ1) is 6.63. The first-order valence-electron chi connectivity index (χ1n) is 5.15. The Bertz CT molecular complexity index is 275. The van der Waals surface area contributed by atoms with Gasteiger partial charge in [0.15, 0.2) is 0 Å². The van der Waals surface area contributed by atoms with E-state index in [1.807, 2.05) is 6.92 Å². The van der Waals surface area contributed by atoms with Crippen LogP contribution in [-0.2, 0) is 9.59 Å². The van der Waals surface area contributed by atoms with E-state index in [4.69, 9.17) is 5.11 Å². The summed E-state index contributed by atoms with van der Waals surface area (Å²) in [6.07, 6.45) is 2.12. The summed E-state index contributed by atoms with van der Waals surface area (Å²) in [4.78, 5) is 24.3. The summed E-state index contributed by atoms with van der Waals surface area (Å²) >= 11 is 0. The molecule has 0 spiro atoms. The molecule has 14 heavy (non-hydrogen) atoms. The molecular formula is C10H15NO3. The van der Waals surface area contributed by atoms with Crippen molar-refractivity contribution in [2.45, 2.75) is 32.2 Å². The second-order valence-electron chi connectivity index (χ2n) is 4.23. The van der Waals surface area contributed by atoms with Gasteiger partial charge >= 0.3 is 5.97 Å². The van der Waals surface area contributed by atoms with Gasteiger partial charge in [-0.2, -0.15) is 0 Å². The zero-order valence-electron chi connectivity index (χ0n) is 8.27. The Morgan fingerprint density at radius 2 is 2.29 bits per heavy atom. The molecule has 78 valence electrons. The molecule has 2 bridgehead atoms. The molecule has 3 atom stereocenters. The summed E-state index contributed by atoms with van der Waals surface area (Å²) < 4.78 is 0. The quantitative estimate of drug-likeness (QED) is 0.709. The van der Waals surface area contributed by atoms with Gasteiger partial charge in [-0.25, -0.2) is 0 Å². The molecule has 2 aliphatic rings. The Balaban J connectivity index is 2.21. The third kappa shape index (κ3) is 1.29. The summed E-state index contributed by atoms with van der Waals surface area (Å²) in [6.45, 7) is 2.55. The van der Waals surface area contributed by atoms with Gasteiger partial charge in [0.1, 0.15) is 0 Å². The molecule has 1 N–H and O–H groups in total. The van der Waals surface area contributed by atoms with Crippen molar-refractivity contribution in [3.05, 3.63) is 0 Å². The first-order valence-corrected chi connectivity index (χ1v) is 5.15. The molecule has 0 aromatic rings. The Hall–Kier alpha value is -1.06. The molecule has 1 amide bonds. The van der Waals surface area contributed by atoms with Crippen LogP contribution in [0.15, 0.2) is 0 Å². The fraction of sp³-hybridized carbons (Fsp3) is 0.800. The maximum atomic E-state index is 11.6. The number of hydrogen-bond acceptors (Lipinski definition) is 2. The number of carboxylic acids is 1. The summed E-state index contributed by atoms with van der Waals surface area (Å²) in [6, 6.07) is -0.0382. The van der Waals surface area contributed by atoms with Crippen LogP contribution in [0.4, 0.5) is 0 Å². The molecule has 0 radical (unpaired) electrons. The van der Waals surface area contributed by atoms with Crippen molar-refractivity contribution >= 4 is 11.9 Å². The average molecular weight is 197 g/mol. The lowest BCUT2D eigenvalue weighted by Gasteiger charge is -2.33. The first kappa shape index (κ1) is 9.49. The van der Waals surface area contributed by atoms with E-state index in [0.717, 1.165) is 6.42 Å². The van der Waals surface area contributed by atoms with Crippen LogP contribution >= 0.6 is 0 Å². The molecule has 4 nitrogen and oxygen atoms in total. The number of amides is 1. The van der Waals surface area contributed by atoms with E-state index in [9.17, 15) is 9.59 Å². The lowest BCUT2D eigenvalue weighted by atomic mass is 9.98. The Kier molecular flexibility index (Phi) is 2.21. The van der Waals surface area contributed by atoms with Crippen molar-refractivity contribution in [2.75, 3.05) is 6.54 Å². The van der Waals surface area contributed by atoms with Gasteiger partial charge in [0.25, 0.3) is 0 Å². The predicted octanol–water partition coefficient (Wildman–Crippen LogP) is 0.718. The highest BCUT2D eigenvalue weighted by atomic mass is 16.4. The molecule has 1 heterocycles. The average Bonchev–Trinajstić information content (AvgIpc) is 2.45. The standard InChI is InChI=1S/C10H15NO3/c1-2-11-8-4-6(5-9(11)12)3-7(8)10(13)14/h6-8H,2-5H2,1H3,(H,13,14)/t6-,7+,8+/m1/s1. The van der Waals surface area contributed by atoms with Gasteiger partial charge in [-0.05, 0) is 25.7 Å². The van der Waals surface area contributed by atoms with E-state index in [1.54, 1.807) is 4.90 Å². The van der Waals surface area contributed by atoms with Gasteiger partial charge in [-0.1, -0.05) is 0 Å². The number of carbonyl (C=O) groups excluding carboxylic acids is 1. The van der Waals surface area contributed by atoms with Crippen LogP contribution < -0.4 is 0 Å². The van der Waals surface area contributed by atoms with Gasteiger partial charge in [0.2, 0.25) is 5.91 Å². The van der Waals surface area contributed by atoms with Crippen LogP contribution in [0.3, 0.4) is 0 Å². The van der Waals surface area contributed by atoms with Crippen LogP contribution in [0.25, 0.3) is 0 Å². The minimum absolute atomic E-state index is 0.0382. The lowest BCUT2D eigenvalue weighted by Crippen LogP contribution is -2.46. The molecular weight excluding hydrogens is 182 g/mol. The lowest BCUT2D eigenvalue weighted by molar-refractivity contribution is -0.145. The van der Waals surface area contributed by atoms with E-state index >= 15 is 0 Å². The topological polar surface area (TPSA) is 57.6 Å².